The topological polar surface area (TPSA) is 44.5 Å². The summed E-state index contributed by atoms with van der Waals surface area (Å²) < 4.78 is 31.1. The molecule has 2 N–H and O–H groups in total. The van der Waals surface area contributed by atoms with E-state index in [1.807, 2.05) is 0 Å². The van der Waals surface area contributed by atoms with E-state index in [2.05, 4.69) is 4.84 Å². The molecule has 0 bridgehead atoms. The van der Waals surface area contributed by atoms with Gasteiger partial charge in [0, 0.05) is 18.2 Å². The van der Waals surface area contributed by atoms with Crippen LogP contribution in [0.1, 0.15) is 11.1 Å². The Morgan fingerprint density at radius 2 is 1.64 bits per heavy atom. The number of nitrogens with two attached hydrogens (primary N) is 1. The van der Waals surface area contributed by atoms with E-state index in [1.165, 1.54) is 19.2 Å². The van der Waals surface area contributed by atoms with Crippen LogP contribution in [0.5, 0.6) is 0 Å². The lowest BCUT2D eigenvalue weighted by atomic mass is 10.1. The van der Waals surface area contributed by atoms with E-state index >= 15 is 0 Å². The van der Waals surface area contributed by atoms with Gasteiger partial charge in [-0.1, -0.05) is 12.1 Å². The zero-order chi connectivity index (χ0) is 10.6. The molecule has 0 heterocycles. The summed E-state index contributed by atoms with van der Waals surface area (Å²) in [5.74, 6) is 2.91. The molecule has 78 valence electrons. The van der Waals surface area contributed by atoms with Crippen LogP contribution in [0.2, 0.25) is 0 Å². The first kappa shape index (κ1) is 11.0. The maximum atomic E-state index is 13.2. The van der Waals surface area contributed by atoms with Crippen LogP contribution in [0, 0.1) is 11.6 Å². The summed E-state index contributed by atoms with van der Waals surface area (Å²) >= 11 is 0. The lowest BCUT2D eigenvalue weighted by Gasteiger charge is -2.06. The zero-order valence-electron chi connectivity index (χ0n) is 7.72. The van der Waals surface area contributed by atoms with Crippen LogP contribution in [0.4, 0.5) is 8.78 Å². The SMILES string of the molecule is COCc1ccc(CON)c(F)c1F. The lowest BCUT2D eigenvalue weighted by Crippen LogP contribution is -2.05. The quantitative estimate of drug-likeness (QED) is 0.754. The largest absolute Gasteiger partial charge is 0.380 e. The van der Waals surface area contributed by atoms with E-state index in [4.69, 9.17) is 10.6 Å². The molecule has 0 amide bonds. The third-order valence-corrected chi connectivity index (χ3v) is 1.78. The second-order valence-electron chi connectivity index (χ2n) is 2.76. The highest BCUT2D eigenvalue weighted by atomic mass is 19.2. The molecule has 0 fully saturated rings. The van der Waals surface area contributed by atoms with Crippen molar-refractivity contribution in [2.45, 2.75) is 13.2 Å². The van der Waals surface area contributed by atoms with Crippen molar-refractivity contribution in [3.8, 4) is 0 Å². The van der Waals surface area contributed by atoms with E-state index < -0.39 is 11.6 Å². The van der Waals surface area contributed by atoms with Crippen molar-refractivity contribution in [3.63, 3.8) is 0 Å². The number of halogens is 2. The molecule has 1 aromatic carbocycles. The second kappa shape index (κ2) is 4.99. The lowest BCUT2D eigenvalue weighted by molar-refractivity contribution is 0.120. The highest BCUT2D eigenvalue weighted by Gasteiger charge is 2.12. The molecule has 0 saturated carbocycles. The molecule has 0 aliphatic rings. The Labute approximate surface area is 80.4 Å². The highest BCUT2D eigenvalue weighted by Crippen LogP contribution is 2.17. The summed E-state index contributed by atoms with van der Waals surface area (Å²) in [7, 11) is 1.41. The van der Waals surface area contributed by atoms with Gasteiger partial charge in [-0.25, -0.2) is 14.7 Å². The predicted octanol–water partition coefficient (Wildman–Crippen LogP) is 1.50. The summed E-state index contributed by atoms with van der Waals surface area (Å²) in [6.45, 7) is -0.122. The molecule has 0 radical (unpaired) electrons. The molecule has 0 saturated heterocycles. The second-order valence-corrected chi connectivity index (χ2v) is 2.76. The number of rotatable bonds is 4. The van der Waals surface area contributed by atoms with Gasteiger partial charge < -0.3 is 4.74 Å². The average Bonchev–Trinajstić information content (AvgIpc) is 2.18. The van der Waals surface area contributed by atoms with Gasteiger partial charge in [0.25, 0.3) is 0 Å². The number of ether oxygens (including phenoxy) is 1. The fraction of sp³-hybridized carbons (Fsp3) is 0.333. The molecule has 1 rings (SSSR count). The Balaban J connectivity index is 2.99. The van der Waals surface area contributed by atoms with Crippen molar-refractivity contribution in [1.82, 2.24) is 0 Å². The maximum Gasteiger partial charge on any atom is 0.164 e. The Morgan fingerprint density at radius 1 is 1.14 bits per heavy atom. The first-order chi connectivity index (χ1) is 6.70. The van der Waals surface area contributed by atoms with Crippen LogP contribution in [-0.2, 0) is 22.8 Å². The number of benzene rings is 1. The minimum Gasteiger partial charge on any atom is -0.380 e. The molecule has 3 nitrogen and oxygen atoms in total. The number of hydrogen-bond acceptors (Lipinski definition) is 3. The molecule has 0 aliphatic carbocycles. The third kappa shape index (κ3) is 2.25. The third-order valence-electron chi connectivity index (χ3n) is 1.78. The Bertz CT molecular complexity index is 287. The van der Waals surface area contributed by atoms with Crippen LogP contribution >= 0.6 is 0 Å². The normalized spacial score (nSPS) is 10.6. The maximum absolute atomic E-state index is 13.2. The fourth-order valence-corrected chi connectivity index (χ4v) is 1.10. The summed E-state index contributed by atoms with van der Waals surface area (Å²) in [6, 6.07) is 2.86. The first-order valence-electron chi connectivity index (χ1n) is 3.97. The Morgan fingerprint density at radius 3 is 2.07 bits per heavy atom. The van der Waals surface area contributed by atoms with Crippen molar-refractivity contribution in [2.75, 3.05) is 7.11 Å². The standard InChI is InChI=1S/C9H11F2NO2/c1-13-4-6-2-3-7(5-14-12)9(11)8(6)10/h2-3H,4-5,12H2,1H3. The van der Waals surface area contributed by atoms with Crippen LogP contribution in [0.3, 0.4) is 0 Å². The van der Waals surface area contributed by atoms with Crippen LogP contribution in [-0.4, -0.2) is 7.11 Å². The van der Waals surface area contributed by atoms with Crippen molar-refractivity contribution in [2.24, 2.45) is 5.90 Å². The van der Waals surface area contributed by atoms with Gasteiger partial charge in [-0.3, -0.25) is 4.84 Å². The van der Waals surface area contributed by atoms with Crippen molar-refractivity contribution in [3.05, 3.63) is 34.9 Å². The van der Waals surface area contributed by atoms with Crippen molar-refractivity contribution < 1.29 is 18.4 Å². The molecule has 0 aromatic heterocycles. The average molecular weight is 203 g/mol. The van der Waals surface area contributed by atoms with Gasteiger partial charge in [-0.05, 0) is 0 Å². The van der Waals surface area contributed by atoms with Gasteiger partial charge in [0.15, 0.2) is 11.6 Å². The molecule has 0 atom stereocenters. The van der Waals surface area contributed by atoms with E-state index in [0.717, 1.165) is 0 Å². The van der Waals surface area contributed by atoms with E-state index in [9.17, 15) is 8.78 Å². The molecular weight excluding hydrogens is 192 g/mol. The van der Waals surface area contributed by atoms with Crippen LogP contribution in [0.25, 0.3) is 0 Å². The van der Waals surface area contributed by atoms with Gasteiger partial charge in [0.05, 0.1) is 13.2 Å². The van der Waals surface area contributed by atoms with Crippen LogP contribution < -0.4 is 5.90 Å². The van der Waals surface area contributed by atoms with Crippen molar-refractivity contribution >= 4 is 0 Å². The molecule has 0 spiro atoms. The van der Waals surface area contributed by atoms with Gasteiger partial charge in [0.2, 0.25) is 0 Å². The smallest absolute Gasteiger partial charge is 0.164 e. The van der Waals surface area contributed by atoms with Gasteiger partial charge in [-0.15, -0.1) is 0 Å². The van der Waals surface area contributed by atoms with E-state index in [1.54, 1.807) is 0 Å². The van der Waals surface area contributed by atoms with Gasteiger partial charge >= 0.3 is 0 Å². The summed E-state index contributed by atoms with van der Waals surface area (Å²) in [6.07, 6.45) is 0. The molecule has 1 aromatic rings. The molecule has 5 heteroatoms. The Kier molecular flexibility index (Phi) is 3.94. The van der Waals surface area contributed by atoms with Gasteiger partial charge in [0.1, 0.15) is 0 Å². The molecule has 0 unspecified atom stereocenters. The Hall–Kier alpha value is -1.04. The van der Waals surface area contributed by atoms with Crippen LogP contribution in [0.15, 0.2) is 12.1 Å². The summed E-state index contributed by atoms with van der Waals surface area (Å²) in [5.41, 5.74) is 0.260. The minimum absolute atomic E-state index is 0.0342. The molecule has 0 aliphatic heterocycles. The van der Waals surface area contributed by atoms with Gasteiger partial charge in [-0.2, -0.15) is 0 Å². The highest BCUT2D eigenvalue weighted by molar-refractivity contribution is 5.25. The first-order valence-corrected chi connectivity index (χ1v) is 3.97. The molecule has 14 heavy (non-hydrogen) atoms. The van der Waals surface area contributed by atoms with Crippen molar-refractivity contribution in [1.29, 1.82) is 0 Å². The number of methoxy groups -OCH3 is 1. The summed E-state index contributed by atoms with van der Waals surface area (Å²) in [5, 5.41) is 0. The number of hydrogen-bond donors (Lipinski definition) is 1. The van der Waals surface area contributed by atoms with E-state index in [0.29, 0.717) is 0 Å². The zero-order valence-corrected chi connectivity index (χ0v) is 7.72. The predicted molar refractivity (Wildman–Crippen MR) is 46.0 cm³/mol. The minimum atomic E-state index is -0.940. The summed E-state index contributed by atoms with van der Waals surface area (Å²) in [4.78, 5) is 4.23. The molecular formula is C9H11F2NO2. The van der Waals surface area contributed by atoms with E-state index in [-0.39, 0.29) is 24.3 Å². The monoisotopic (exact) mass is 203 g/mol. The fourth-order valence-electron chi connectivity index (χ4n) is 1.10.